The van der Waals surface area contributed by atoms with Crippen molar-refractivity contribution in [2.75, 3.05) is 11.4 Å². The van der Waals surface area contributed by atoms with Gasteiger partial charge in [-0.05, 0) is 48.6 Å². The second-order valence-corrected chi connectivity index (χ2v) is 11.6. The van der Waals surface area contributed by atoms with Gasteiger partial charge in [0, 0.05) is 31.0 Å². The highest BCUT2D eigenvalue weighted by molar-refractivity contribution is 7.89. The van der Waals surface area contributed by atoms with Gasteiger partial charge in [-0.25, -0.2) is 13.4 Å². The smallest absolute Gasteiger partial charge is 0.243 e. The lowest BCUT2D eigenvalue weighted by Crippen LogP contribution is -2.43. The number of hydrogen-bond acceptors (Lipinski definition) is 5. The van der Waals surface area contributed by atoms with Gasteiger partial charge in [0.05, 0.1) is 35.1 Å². The highest BCUT2D eigenvalue weighted by Crippen LogP contribution is 2.35. The molecule has 2 aliphatic rings. The van der Waals surface area contributed by atoms with Gasteiger partial charge >= 0.3 is 0 Å². The molecule has 1 aliphatic heterocycles. The van der Waals surface area contributed by atoms with Crippen LogP contribution in [-0.4, -0.2) is 35.3 Å². The number of H-pyrrole nitrogens is 1. The molecule has 2 heterocycles. The first-order valence-corrected chi connectivity index (χ1v) is 13.8. The number of imidazole rings is 1. The Balaban J connectivity index is 1.52. The van der Waals surface area contributed by atoms with E-state index in [0.717, 1.165) is 35.7 Å². The van der Waals surface area contributed by atoms with Crippen molar-refractivity contribution in [1.82, 2.24) is 14.3 Å². The molecular formula is C27H31N5O2S. The van der Waals surface area contributed by atoms with Gasteiger partial charge in [0.1, 0.15) is 0 Å². The van der Waals surface area contributed by atoms with Gasteiger partial charge in [-0.3, -0.25) is 0 Å². The monoisotopic (exact) mass is 489 g/mol. The summed E-state index contributed by atoms with van der Waals surface area (Å²) in [6.07, 6.45) is 10.7. The van der Waals surface area contributed by atoms with Crippen LogP contribution in [0.5, 0.6) is 0 Å². The zero-order valence-electron chi connectivity index (χ0n) is 19.8. The minimum absolute atomic E-state index is 0.0245. The summed E-state index contributed by atoms with van der Waals surface area (Å²) in [5.74, 6) is 0.722. The van der Waals surface area contributed by atoms with Crippen molar-refractivity contribution in [3.63, 3.8) is 0 Å². The summed E-state index contributed by atoms with van der Waals surface area (Å²) in [5.41, 5.74) is 3.40. The van der Waals surface area contributed by atoms with Crippen LogP contribution < -0.4 is 4.90 Å². The first-order chi connectivity index (χ1) is 17.0. The van der Waals surface area contributed by atoms with Crippen LogP contribution in [0.15, 0.2) is 66.0 Å². The van der Waals surface area contributed by atoms with E-state index in [1.54, 1.807) is 28.8 Å². The van der Waals surface area contributed by atoms with Crippen LogP contribution in [0.2, 0.25) is 0 Å². The summed E-state index contributed by atoms with van der Waals surface area (Å²) in [4.78, 5) is 9.95. The van der Waals surface area contributed by atoms with Gasteiger partial charge in [0.2, 0.25) is 10.0 Å². The Labute approximate surface area is 207 Å². The third-order valence-electron chi connectivity index (χ3n) is 7.38. The number of nitrogens with one attached hydrogen (secondary N) is 1. The summed E-state index contributed by atoms with van der Waals surface area (Å²) in [6, 6.07) is 16.5. The molecule has 1 saturated carbocycles. The molecule has 0 amide bonds. The average molecular weight is 490 g/mol. The number of para-hydroxylation sites is 1. The lowest BCUT2D eigenvalue weighted by atomic mass is 9.97. The molecule has 1 atom stereocenters. The zero-order chi connectivity index (χ0) is 24.3. The maximum absolute atomic E-state index is 13.8. The lowest BCUT2D eigenvalue weighted by molar-refractivity contribution is 0.350. The molecule has 1 aromatic heterocycles. The number of rotatable bonds is 7. The topological polar surface area (TPSA) is 93.1 Å². The maximum Gasteiger partial charge on any atom is 0.243 e. The van der Waals surface area contributed by atoms with E-state index in [9.17, 15) is 13.7 Å². The predicted octanol–water partition coefficient (Wildman–Crippen LogP) is 4.83. The van der Waals surface area contributed by atoms with Gasteiger partial charge in [0.15, 0.2) is 0 Å². The summed E-state index contributed by atoms with van der Waals surface area (Å²) in [5, 5.41) is 9.31. The highest BCUT2D eigenvalue weighted by Gasteiger charge is 2.35. The maximum atomic E-state index is 13.8. The molecule has 1 fully saturated rings. The largest absolute Gasteiger partial charge is 0.361 e. The third-order valence-corrected chi connectivity index (χ3v) is 9.19. The van der Waals surface area contributed by atoms with Crippen molar-refractivity contribution in [3.05, 3.63) is 77.9 Å². The zero-order valence-corrected chi connectivity index (χ0v) is 20.6. The molecule has 0 unspecified atom stereocenters. The number of benzene rings is 2. The van der Waals surface area contributed by atoms with Gasteiger partial charge in [-0.2, -0.15) is 9.57 Å². The minimum Gasteiger partial charge on any atom is -0.361 e. The Morgan fingerprint density at radius 3 is 2.69 bits per heavy atom. The van der Waals surface area contributed by atoms with Crippen molar-refractivity contribution >= 4 is 15.7 Å². The molecule has 0 saturated heterocycles. The fraction of sp³-hybridized carbons (Fsp3) is 0.407. The summed E-state index contributed by atoms with van der Waals surface area (Å²) < 4.78 is 29.3. The molecule has 0 radical (unpaired) electrons. The van der Waals surface area contributed by atoms with Gasteiger partial charge < -0.3 is 9.88 Å². The van der Waals surface area contributed by atoms with Crippen LogP contribution in [0.1, 0.15) is 55.3 Å². The standard InChI is InChI=1S/C27H31N5O2S/c28-15-22-8-5-10-26(14-22)35(33,34)31-17-23-9-3-4-11-27(23)32(18-24-16-29-20-30-24)25(19-31)13-12-21-6-1-2-7-21/h3-5,8-11,14,16,20-21,25H,1-2,6-7,12-13,17-19H2,(H,29,30)/t25-/m1/s1. The van der Waals surface area contributed by atoms with E-state index < -0.39 is 10.0 Å². The fourth-order valence-electron chi connectivity index (χ4n) is 5.51. The third kappa shape index (κ3) is 5.12. The Hall–Kier alpha value is -3.15. The van der Waals surface area contributed by atoms with Crippen molar-refractivity contribution in [2.45, 2.75) is 62.6 Å². The van der Waals surface area contributed by atoms with Crippen LogP contribution in [0, 0.1) is 17.2 Å². The molecule has 35 heavy (non-hydrogen) atoms. The Kier molecular flexibility index (Phi) is 6.89. The molecule has 7 nitrogen and oxygen atoms in total. The van der Waals surface area contributed by atoms with Crippen molar-refractivity contribution in [2.24, 2.45) is 5.92 Å². The molecule has 3 aromatic rings. The van der Waals surface area contributed by atoms with Gasteiger partial charge in [-0.1, -0.05) is 49.9 Å². The summed E-state index contributed by atoms with van der Waals surface area (Å²) in [7, 11) is -3.78. The van der Waals surface area contributed by atoms with Gasteiger partial charge in [0.25, 0.3) is 0 Å². The summed E-state index contributed by atoms with van der Waals surface area (Å²) in [6.45, 7) is 1.34. The molecule has 1 N–H and O–H groups in total. The Morgan fingerprint density at radius 2 is 1.91 bits per heavy atom. The lowest BCUT2D eigenvalue weighted by Gasteiger charge is -2.34. The second kappa shape index (κ2) is 10.2. The van der Waals surface area contributed by atoms with E-state index in [-0.39, 0.29) is 10.9 Å². The predicted molar refractivity (Wildman–Crippen MR) is 135 cm³/mol. The number of sulfonamides is 1. The van der Waals surface area contributed by atoms with Crippen LogP contribution in [0.4, 0.5) is 5.69 Å². The average Bonchev–Trinajstić information content (AvgIpc) is 3.57. The van der Waals surface area contributed by atoms with E-state index in [4.69, 9.17) is 0 Å². The number of nitriles is 1. The second-order valence-electron chi connectivity index (χ2n) is 9.65. The van der Waals surface area contributed by atoms with Crippen LogP contribution in [0.25, 0.3) is 0 Å². The van der Waals surface area contributed by atoms with E-state index in [1.807, 2.05) is 24.4 Å². The van der Waals surface area contributed by atoms with E-state index in [0.29, 0.717) is 25.2 Å². The molecule has 2 aromatic carbocycles. The normalized spacial score (nSPS) is 19.3. The molecule has 0 spiro atoms. The SMILES string of the molecule is N#Cc1cccc(S(=O)(=O)N2Cc3ccccc3N(Cc3cnc[nH]3)[C@H](CCC3CCCC3)C2)c1. The molecular weight excluding hydrogens is 458 g/mol. The fourth-order valence-corrected chi connectivity index (χ4v) is 7.01. The molecule has 8 heteroatoms. The minimum atomic E-state index is -3.78. The number of fused-ring (bicyclic) bond motifs is 1. The number of aromatic amines is 1. The molecule has 1 aliphatic carbocycles. The Morgan fingerprint density at radius 1 is 1.09 bits per heavy atom. The number of anilines is 1. The van der Waals surface area contributed by atoms with Crippen molar-refractivity contribution in [3.8, 4) is 6.07 Å². The molecule has 0 bridgehead atoms. The number of hydrogen-bond donors (Lipinski definition) is 1. The molecule has 5 rings (SSSR count). The van der Waals surface area contributed by atoms with E-state index in [1.165, 1.54) is 31.7 Å². The number of nitrogens with zero attached hydrogens (tertiary/aromatic N) is 4. The Bertz CT molecular complexity index is 1290. The number of aromatic nitrogens is 2. The van der Waals surface area contributed by atoms with E-state index in [2.05, 4.69) is 27.0 Å². The van der Waals surface area contributed by atoms with E-state index >= 15 is 0 Å². The highest BCUT2D eigenvalue weighted by atomic mass is 32.2. The van der Waals surface area contributed by atoms with Crippen LogP contribution in [0.3, 0.4) is 0 Å². The van der Waals surface area contributed by atoms with Crippen molar-refractivity contribution in [1.29, 1.82) is 5.26 Å². The first kappa shape index (κ1) is 23.6. The van der Waals surface area contributed by atoms with Gasteiger partial charge in [-0.15, -0.1) is 0 Å². The molecule has 182 valence electrons. The first-order valence-electron chi connectivity index (χ1n) is 12.4. The summed E-state index contributed by atoms with van der Waals surface area (Å²) >= 11 is 0. The quantitative estimate of drug-likeness (QED) is 0.513. The van der Waals surface area contributed by atoms with Crippen molar-refractivity contribution < 1.29 is 8.42 Å². The van der Waals surface area contributed by atoms with Crippen LogP contribution >= 0.6 is 0 Å². The van der Waals surface area contributed by atoms with Crippen LogP contribution in [-0.2, 0) is 23.1 Å².